The Morgan fingerprint density at radius 1 is 0.443 bits per heavy atom. The molecule has 0 saturated carbocycles. The average molecular weight is 833 g/mol. The molecular weight excluding hydrogens is 789 g/mol. The van der Waals surface area contributed by atoms with Gasteiger partial charge in [0, 0.05) is 11.1 Å². The molecule has 0 atom stereocenters. The maximum Gasteiger partial charge on any atom is 0.513 e. The predicted molar refractivity (Wildman–Crippen MR) is 223 cm³/mol. The SMILES string of the molecule is C=C(C)C(=O)OCCCCOC(=O)Oc1ccc2cc(C(=O)Oc3ccc(OC(=O)c4ccc5cc(OC(=O)OCCCCOC(=O)C(=C)C)ccc5c4)c(C)c3)ccc2c1. The van der Waals surface area contributed by atoms with Crippen LogP contribution >= 0.6 is 0 Å². The lowest BCUT2D eigenvalue weighted by Crippen LogP contribution is -2.12. The van der Waals surface area contributed by atoms with Crippen LogP contribution in [-0.4, -0.2) is 62.6 Å². The van der Waals surface area contributed by atoms with E-state index in [1.165, 1.54) is 12.1 Å². The molecule has 61 heavy (non-hydrogen) atoms. The van der Waals surface area contributed by atoms with E-state index in [0.29, 0.717) is 63.9 Å². The Hall–Kier alpha value is -7.48. The van der Waals surface area contributed by atoms with Gasteiger partial charge in [0.25, 0.3) is 0 Å². The molecule has 5 rings (SSSR count). The van der Waals surface area contributed by atoms with E-state index in [1.807, 2.05) is 0 Å². The summed E-state index contributed by atoms with van der Waals surface area (Å²) in [6, 6.07) is 24.3. The average Bonchev–Trinajstić information content (AvgIpc) is 3.23. The number of rotatable bonds is 18. The van der Waals surface area contributed by atoms with Crippen molar-refractivity contribution in [3.8, 4) is 23.0 Å². The van der Waals surface area contributed by atoms with Gasteiger partial charge >= 0.3 is 36.2 Å². The number of carbonyl (C=O) groups excluding carboxylic acids is 6. The van der Waals surface area contributed by atoms with Crippen LogP contribution in [0.15, 0.2) is 115 Å². The van der Waals surface area contributed by atoms with Gasteiger partial charge in [0.2, 0.25) is 0 Å². The molecule has 0 aliphatic carbocycles. The topological polar surface area (TPSA) is 176 Å². The van der Waals surface area contributed by atoms with Crippen molar-refractivity contribution in [3.05, 3.63) is 132 Å². The Bertz CT molecular complexity index is 2480. The fourth-order valence-electron chi connectivity index (χ4n) is 5.50. The molecule has 0 heterocycles. The molecule has 0 aromatic heterocycles. The highest BCUT2D eigenvalue weighted by Gasteiger charge is 2.16. The summed E-state index contributed by atoms with van der Waals surface area (Å²) in [6.07, 6.45) is 0.223. The first-order chi connectivity index (χ1) is 29.2. The molecule has 14 nitrogen and oxygen atoms in total. The van der Waals surface area contributed by atoms with Gasteiger partial charge < -0.3 is 37.9 Å². The zero-order valence-electron chi connectivity index (χ0n) is 33.9. The molecule has 5 aromatic carbocycles. The van der Waals surface area contributed by atoms with Crippen LogP contribution in [0.4, 0.5) is 9.59 Å². The van der Waals surface area contributed by atoms with Crippen LogP contribution in [0.2, 0.25) is 0 Å². The highest BCUT2D eigenvalue weighted by Crippen LogP contribution is 2.28. The van der Waals surface area contributed by atoms with Crippen molar-refractivity contribution < 1.29 is 66.7 Å². The number of esters is 4. The summed E-state index contributed by atoms with van der Waals surface area (Å²) in [6.45, 7) is 12.4. The van der Waals surface area contributed by atoms with Crippen LogP contribution in [0, 0.1) is 6.92 Å². The predicted octanol–water partition coefficient (Wildman–Crippen LogP) is 9.57. The second-order valence-corrected chi connectivity index (χ2v) is 13.8. The van der Waals surface area contributed by atoms with Crippen molar-refractivity contribution in [2.24, 2.45) is 0 Å². The third-order valence-corrected chi connectivity index (χ3v) is 8.74. The minimum absolute atomic E-state index is 0.0905. The quantitative estimate of drug-likeness (QED) is 0.0204. The fourth-order valence-corrected chi connectivity index (χ4v) is 5.50. The normalized spacial score (nSPS) is 10.6. The molecule has 5 aromatic rings. The first kappa shape index (κ1) is 44.6. The number of benzene rings is 5. The molecule has 316 valence electrons. The molecular formula is C47H44O14. The van der Waals surface area contributed by atoms with E-state index < -0.39 is 36.2 Å². The minimum Gasteiger partial charge on any atom is -0.462 e. The van der Waals surface area contributed by atoms with Crippen LogP contribution in [0.1, 0.15) is 65.8 Å². The molecule has 0 unspecified atom stereocenters. The van der Waals surface area contributed by atoms with Crippen LogP contribution in [0.3, 0.4) is 0 Å². The first-order valence-electron chi connectivity index (χ1n) is 19.2. The van der Waals surface area contributed by atoms with Crippen LogP contribution in [-0.2, 0) is 28.5 Å². The fraction of sp³-hybridized carbons (Fsp3) is 0.234. The van der Waals surface area contributed by atoms with Gasteiger partial charge in [-0.2, -0.15) is 0 Å². The second kappa shape index (κ2) is 21.5. The largest absolute Gasteiger partial charge is 0.513 e. The smallest absolute Gasteiger partial charge is 0.462 e. The van der Waals surface area contributed by atoms with Crippen molar-refractivity contribution in [1.29, 1.82) is 0 Å². The maximum absolute atomic E-state index is 13.1. The van der Waals surface area contributed by atoms with Gasteiger partial charge in [0.05, 0.1) is 37.6 Å². The molecule has 0 fully saturated rings. The van der Waals surface area contributed by atoms with Gasteiger partial charge in [-0.3, -0.25) is 0 Å². The van der Waals surface area contributed by atoms with Gasteiger partial charge in [-0.1, -0.05) is 37.4 Å². The molecule has 0 saturated heterocycles. The van der Waals surface area contributed by atoms with E-state index in [0.717, 1.165) is 0 Å². The van der Waals surface area contributed by atoms with Crippen LogP contribution < -0.4 is 18.9 Å². The molecule has 0 amide bonds. The van der Waals surface area contributed by atoms with Gasteiger partial charge in [-0.05, 0) is 140 Å². The Balaban J connectivity index is 1.07. The third-order valence-electron chi connectivity index (χ3n) is 8.74. The summed E-state index contributed by atoms with van der Waals surface area (Å²) in [5.74, 6) is -1.12. The van der Waals surface area contributed by atoms with E-state index in [4.69, 9.17) is 37.9 Å². The van der Waals surface area contributed by atoms with Crippen molar-refractivity contribution in [1.82, 2.24) is 0 Å². The summed E-state index contributed by atoms with van der Waals surface area (Å²) in [7, 11) is 0. The van der Waals surface area contributed by atoms with E-state index in [1.54, 1.807) is 99.6 Å². The standard InChI is InChI=1S/C47H44O14/c1-29(2)42(48)54-20-6-8-22-56-46(52)59-39-16-14-32-25-36(12-10-34(32)27-39)44(50)58-38-18-19-41(31(5)24-38)61-45(51)37-13-11-35-28-40(17-15-33(35)26-37)60-47(53)57-23-9-7-21-55-43(49)30(3)4/h10-19,24-28H,1,3,6-9,20-23H2,2,4-5H3. The second-order valence-electron chi connectivity index (χ2n) is 13.8. The zero-order valence-corrected chi connectivity index (χ0v) is 33.9. The summed E-state index contributed by atoms with van der Waals surface area (Å²) in [5, 5.41) is 2.81. The van der Waals surface area contributed by atoms with Crippen LogP contribution in [0.25, 0.3) is 21.5 Å². The first-order valence-corrected chi connectivity index (χ1v) is 19.2. The van der Waals surface area contributed by atoms with Crippen molar-refractivity contribution in [2.45, 2.75) is 46.5 Å². The summed E-state index contributed by atoms with van der Waals surface area (Å²) >= 11 is 0. The lowest BCUT2D eigenvalue weighted by atomic mass is 10.1. The zero-order chi connectivity index (χ0) is 43.9. The highest BCUT2D eigenvalue weighted by atomic mass is 16.7. The third kappa shape index (κ3) is 13.5. The van der Waals surface area contributed by atoms with Crippen molar-refractivity contribution in [3.63, 3.8) is 0 Å². The Morgan fingerprint density at radius 3 is 1.26 bits per heavy atom. The van der Waals surface area contributed by atoms with Gasteiger partial charge in [0.15, 0.2) is 0 Å². The Morgan fingerprint density at radius 2 is 0.820 bits per heavy atom. The number of unbranched alkanes of at least 4 members (excludes halogenated alkanes) is 2. The molecule has 0 bridgehead atoms. The highest BCUT2D eigenvalue weighted by molar-refractivity contribution is 5.98. The van der Waals surface area contributed by atoms with Gasteiger partial charge in [-0.15, -0.1) is 0 Å². The monoisotopic (exact) mass is 832 g/mol. The molecule has 0 spiro atoms. The Labute approximate surface area is 351 Å². The molecule has 0 aliphatic heterocycles. The van der Waals surface area contributed by atoms with E-state index in [2.05, 4.69) is 13.2 Å². The maximum atomic E-state index is 13.1. The number of carbonyl (C=O) groups is 6. The van der Waals surface area contributed by atoms with E-state index in [9.17, 15) is 28.8 Å². The molecule has 0 radical (unpaired) electrons. The Kier molecular flexibility index (Phi) is 15.7. The lowest BCUT2D eigenvalue weighted by molar-refractivity contribution is -0.140. The molecule has 0 N–H and O–H groups in total. The lowest BCUT2D eigenvalue weighted by Gasteiger charge is -2.11. The molecule has 14 heteroatoms. The summed E-state index contributed by atoms with van der Waals surface area (Å²) in [4.78, 5) is 73.3. The van der Waals surface area contributed by atoms with Crippen molar-refractivity contribution >= 4 is 57.7 Å². The van der Waals surface area contributed by atoms with Gasteiger partial charge in [0.1, 0.15) is 23.0 Å². The van der Waals surface area contributed by atoms with Crippen LogP contribution in [0.5, 0.6) is 23.0 Å². The number of hydrogen-bond donors (Lipinski definition) is 0. The summed E-state index contributed by atoms with van der Waals surface area (Å²) in [5.41, 5.74) is 1.74. The number of fused-ring (bicyclic) bond motifs is 2. The number of hydrogen-bond acceptors (Lipinski definition) is 14. The summed E-state index contributed by atoms with van der Waals surface area (Å²) < 4.78 is 42.0. The van der Waals surface area contributed by atoms with E-state index in [-0.39, 0.29) is 60.6 Å². The number of ether oxygens (including phenoxy) is 8. The molecule has 0 aliphatic rings. The van der Waals surface area contributed by atoms with Crippen molar-refractivity contribution in [2.75, 3.05) is 26.4 Å². The van der Waals surface area contributed by atoms with Gasteiger partial charge in [-0.25, -0.2) is 28.8 Å². The van der Waals surface area contributed by atoms with E-state index >= 15 is 0 Å². The number of aryl methyl sites for hydroxylation is 1. The minimum atomic E-state index is -0.876.